The van der Waals surface area contributed by atoms with Gasteiger partial charge >= 0.3 is 59.1 Å². The molecule has 0 N–H and O–H groups in total. The van der Waals surface area contributed by atoms with E-state index in [-0.39, 0.29) is 69.9 Å². The second-order valence-electron chi connectivity index (χ2n) is 7.89. The fourth-order valence-corrected chi connectivity index (χ4v) is 4.78. The molecule has 0 fully saturated rings. The minimum absolute atomic E-state index is 0. The molecule has 0 amide bonds. The summed E-state index contributed by atoms with van der Waals surface area (Å²) < 4.78 is 35.0. The van der Waals surface area contributed by atoms with E-state index in [9.17, 15) is 13.0 Å². The minimum atomic E-state index is -4.56. The molecule has 176 valence electrons. The second-order valence-corrected chi connectivity index (χ2v) is 9.27. The van der Waals surface area contributed by atoms with Gasteiger partial charge in [-0.25, -0.2) is 8.42 Å². The molecule has 0 aliphatic heterocycles. The summed E-state index contributed by atoms with van der Waals surface area (Å²) in [4.78, 5) is 4.31. The number of rotatable bonds is 10. The Hall–Kier alpha value is -0.830. The van der Waals surface area contributed by atoms with Crippen molar-refractivity contribution in [2.45, 2.75) is 38.5 Å². The molecule has 0 saturated heterocycles. The first-order chi connectivity index (χ1) is 15.8. The van der Waals surface area contributed by atoms with Crippen LogP contribution < -0.4 is 68.9 Å². The maximum absolute atomic E-state index is 11.7. The van der Waals surface area contributed by atoms with Crippen molar-refractivity contribution in [1.29, 1.82) is 0 Å². The van der Waals surface area contributed by atoms with Crippen molar-refractivity contribution in [2.24, 2.45) is 0 Å². The molecule has 0 unspecified atom stereocenters. The smallest absolute Gasteiger partial charge is 0.746 e. The van der Waals surface area contributed by atoms with E-state index in [4.69, 9.17) is 0 Å². The van der Waals surface area contributed by atoms with Crippen molar-refractivity contribution < 1.29 is 72.1 Å². The number of benzene rings is 3. The SMILES string of the molecule is CCN(CC)c1ccc(C(c2[c-]ccc(S(=O)(=O)[O-])c2)c2ccc(N(CC)CC)cc2)cc1.[Na+].[Na+]. The van der Waals surface area contributed by atoms with Gasteiger partial charge in [-0.2, -0.15) is 18.2 Å². The van der Waals surface area contributed by atoms with Crippen LogP contribution in [0.3, 0.4) is 0 Å². The second kappa shape index (κ2) is 14.8. The van der Waals surface area contributed by atoms with Gasteiger partial charge < -0.3 is 14.4 Å². The Kier molecular flexibility index (Phi) is 13.6. The van der Waals surface area contributed by atoms with Gasteiger partial charge in [-0.1, -0.05) is 29.2 Å². The van der Waals surface area contributed by atoms with Crippen molar-refractivity contribution in [1.82, 2.24) is 0 Å². The number of hydrogen-bond acceptors (Lipinski definition) is 5. The zero-order chi connectivity index (χ0) is 24.0. The summed E-state index contributed by atoms with van der Waals surface area (Å²) in [5.41, 5.74) is 4.95. The molecule has 5 nitrogen and oxygen atoms in total. The predicted molar refractivity (Wildman–Crippen MR) is 134 cm³/mol. The molecule has 8 heteroatoms. The summed E-state index contributed by atoms with van der Waals surface area (Å²) >= 11 is 0. The summed E-state index contributed by atoms with van der Waals surface area (Å²) in [6.45, 7) is 12.2. The maximum atomic E-state index is 11.7. The molecule has 0 aliphatic rings. The van der Waals surface area contributed by atoms with E-state index in [1.54, 1.807) is 0 Å². The molecule has 35 heavy (non-hydrogen) atoms. The fourth-order valence-electron chi connectivity index (χ4n) is 4.27. The average Bonchev–Trinajstić information content (AvgIpc) is 2.82. The van der Waals surface area contributed by atoms with Gasteiger partial charge in [-0.05, 0) is 63.1 Å². The summed E-state index contributed by atoms with van der Waals surface area (Å²) in [7, 11) is -4.56. The van der Waals surface area contributed by atoms with Crippen molar-refractivity contribution in [2.75, 3.05) is 36.0 Å². The molecule has 0 atom stereocenters. The molecular formula is C27H32N2Na2O3S. The van der Waals surface area contributed by atoms with Crippen LogP contribution in [0.4, 0.5) is 11.4 Å². The van der Waals surface area contributed by atoms with Crippen LogP contribution in [0.1, 0.15) is 50.3 Å². The third-order valence-corrected chi connectivity index (χ3v) is 6.94. The summed E-state index contributed by atoms with van der Waals surface area (Å²) in [6.07, 6.45) is 0. The molecule has 3 aromatic carbocycles. The van der Waals surface area contributed by atoms with Crippen LogP contribution in [-0.4, -0.2) is 39.1 Å². The normalized spacial score (nSPS) is 10.9. The van der Waals surface area contributed by atoms with Gasteiger partial charge in [0.05, 0.1) is 0 Å². The Balaban J connectivity index is 0.00000306. The third kappa shape index (κ3) is 8.08. The van der Waals surface area contributed by atoms with E-state index in [1.165, 1.54) is 18.2 Å². The van der Waals surface area contributed by atoms with Crippen molar-refractivity contribution in [3.8, 4) is 0 Å². The summed E-state index contributed by atoms with van der Waals surface area (Å²) in [6, 6.07) is 24.1. The Bertz CT molecular complexity index is 1090. The zero-order valence-electron chi connectivity index (χ0n) is 21.8. The molecule has 3 aromatic rings. The zero-order valence-corrected chi connectivity index (χ0v) is 26.6. The van der Waals surface area contributed by atoms with Crippen LogP contribution in [0.15, 0.2) is 71.6 Å². The van der Waals surface area contributed by atoms with Crippen LogP contribution >= 0.6 is 0 Å². The summed E-state index contributed by atoms with van der Waals surface area (Å²) in [5, 5.41) is 0. The molecule has 0 aromatic heterocycles. The van der Waals surface area contributed by atoms with Gasteiger partial charge in [-0.15, -0.1) is 11.6 Å². The van der Waals surface area contributed by atoms with Gasteiger partial charge in [0.25, 0.3) is 0 Å². The average molecular weight is 511 g/mol. The standard InChI is InChI=1S/C27H33N2O3S.2Na/c1-5-28(6-2)24-16-12-21(13-17-24)27(23-10-9-11-26(20-23)33(30,31)32)22-14-18-25(19-15-22)29(7-3)8-4;;/h9,11-20,27H,5-8H2,1-4H3,(H,30,31,32);;/q-1;2*+1/p-1. The fraction of sp³-hybridized carbons (Fsp3) is 0.333. The van der Waals surface area contributed by atoms with Crippen LogP contribution in [0, 0.1) is 6.07 Å². The third-order valence-electron chi connectivity index (χ3n) is 6.11. The van der Waals surface area contributed by atoms with E-state index in [2.05, 4.69) is 92.1 Å². The monoisotopic (exact) mass is 510 g/mol. The van der Waals surface area contributed by atoms with Gasteiger partial charge in [-0.3, -0.25) is 0 Å². The first-order valence-electron chi connectivity index (χ1n) is 11.5. The van der Waals surface area contributed by atoms with Crippen LogP contribution in [-0.2, 0) is 10.1 Å². The predicted octanol–water partition coefficient (Wildman–Crippen LogP) is -0.729. The first kappa shape index (κ1) is 32.2. The maximum Gasteiger partial charge on any atom is 1.00 e. The molecular weight excluding hydrogens is 478 g/mol. The molecule has 0 heterocycles. The van der Waals surface area contributed by atoms with Gasteiger partial charge in [0.2, 0.25) is 0 Å². The Labute approximate surface area is 255 Å². The molecule has 0 spiro atoms. The summed E-state index contributed by atoms with van der Waals surface area (Å²) in [5.74, 6) is -0.247. The molecule has 3 rings (SSSR count). The molecule has 0 bridgehead atoms. The van der Waals surface area contributed by atoms with E-state index in [1.807, 2.05) is 0 Å². The van der Waals surface area contributed by atoms with Crippen molar-refractivity contribution in [3.63, 3.8) is 0 Å². The van der Waals surface area contributed by atoms with E-state index >= 15 is 0 Å². The topological polar surface area (TPSA) is 63.7 Å². The van der Waals surface area contributed by atoms with E-state index in [0.29, 0.717) is 5.56 Å². The Morgan fingerprint density at radius 2 is 1.14 bits per heavy atom. The van der Waals surface area contributed by atoms with Crippen molar-refractivity contribution >= 4 is 21.5 Å². The quantitative estimate of drug-likeness (QED) is 0.156. The first-order valence-corrected chi connectivity index (χ1v) is 12.9. The van der Waals surface area contributed by atoms with E-state index < -0.39 is 10.1 Å². The number of hydrogen-bond donors (Lipinski definition) is 0. The Morgan fingerprint density at radius 3 is 1.49 bits per heavy atom. The number of nitrogens with zero attached hydrogens (tertiary/aromatic N) is 2. The van der Waals surface area contributed by atoms with Crippen LogP contribution in [0.5, 0.6) is 0 Å². The van der Waals surface area contributed by atoms with Gasteiger partial charge in [0.15, 0.2) is 0 Å². The van der Waals surface area contributed by atoms with E-state index in [0.717, 1.165) is 48.7 Å². The largest absolute Gasteiger partial charge is 1.00 e. The minimum Gasteiger partial charge on any atom is -0.746 e. The Morgan fingerprint density at radius 1 is 0.743 bits per heavy atom. The molecule has 0 radical (unpaired) electrons. The van der Waals surface area contributed by atoms with Gasteiger partial charge in [0, 0.05) is 43.5 Å². The van der Waals surface area contributed by atoms with Crippen LogP contribution in [0.25, 0.3) is 0 Å². The van der Waals surface area contributed by atoms with Crippen LogP contribution in [0.2, 0.25) is 0 Å². The molecule has 0 saturated carbocycles. The number of anilines is 2. The van der Waals surface area contributed by atoms with Crippen molar-refractivity contribution in [3.05, 3.63) is 89.5 Å². The molecule has 0 aliphatic carbocycles. The van der Waals surface area contributed by atoms with Gasteiger partial charge in [0.1, 0.15) is 10.1 Å².